The van der Waals surface area contributed by atoms with Crippen molar-refractivity contribution < 1.29 is 19.4 Å². The Kier molecular flexibility index (Phi) is 7.23. The maximum absolute atomic E-state index is 12.8. The topological polar surface area (TPSA) is 76.0 Å². The van der Waals surface area contributed by atoms with Crippen LogP contribution in [0.2, 0.25) is 5.02 Å². The molecule has 2 heterocycles. The number of morpholine rings is 1. The van der Waals surface area contributed by atoms with Crippen LogP contribution in [0.4, 0.5) is 0 Å². The molecule has 1 saturated heterocycles. The van der Waals surface area contributed by atoms with E-state index in [4.69, 9.17) is 21.1 Å². The SMILES string of the molecule is CCNC(=O)c1ccc(-c2cc(Cl)c(OC)cc2O)n1-c1ccc(CN2CCOCC2)cc1. The molecule has 7 nitrogen and oxygen atoms in total. The Morgan fingerprint density at radius 3 is 2.55 bits per heavy atom. The number of carbonyl (C=O) groups excluding carboxylic acids is 1. The third kappa shape index (κ3) is 5.00. The van der Waals surface area contributed by atoms with Gasteiger partial charge in [-0.1, -0.05) is 23.7 Å². The minimum absolute atomic E-state index is 0.0157. The van der Waals surface area contributed by atoms with E-state index in [1.807, 2.05) is 29.7 Å². The summed E-state index contributed by atoms with van der Waals surface area (Å²) in [5.41, 5.74) is 3.63. The standard InChI is InChI=1S/C25H28ClN3O4/c1-3-27-25(31)22-9-8-21(19-14-20(26)24(32-2)15-23(19)30)29(22)18-6-4-17(5-7-18)16-28-10-12-33-13-11-28/h4-9,14-15,30H,3,10-13,16H2,1-2H3,(H,27,31). The van der Waals surface area contributed by atoms with Gasteiger partial charge in [-0.3, -0.25) is 9.69 Å². The first-order valence-corrected chi connectivity index (χ1v) is 11.4. The van der Waals surface area contributed by atoms with E-state index in [1.54, 1.807) is 12.1 Å². The van der Waals surface area contributed by atoms with Gasteiger partial charge in [-0.15, -0.1) is 0 Å². The normalized spacial score (nSPS) is 14.3. The van der Waals surface area contributed by atoms with Crippen LogP contribution < -0.4 is 10.1 Å². The van der Waals surface area contributed by atoms with E-state index in [2.05, 4.69) is 22.3 Å². The van der Waals surface area contributed by atoms with E-state index in [-0.39, 0.29) is 11.7 Å². The van der Waals surface area contributed by atoms with Crippen LogP contribution in [0.5, 0.6) is 11.5 Å². The first-order chi connectivity index (χ1) is 16.0. The molecule has 0 spiro atoms. The Morgan fingerprint density at radius 1 is 1.15 bits per heavy atom. The van der Waals surface area contributed by atoms with Crippen molar-refractivity contribution in [2.75, 3.05) is 40.0 Å². The number of ether oxygens (including phenoxy) is 2. The average molecular weight is 470 g/mol. The number of halogens is 1. The number of nitrogens with zero attached hydrogens (tertiary/aromatic N) is 2. The zero-order valence-electron chi connectivity index (χ0n) is 18.8. The van der Waals surface area contributed by atoms with Gasteiger partial charge < -0.3 is 24.5 Å². The second-order valence-corrected chi connectivity index (χ2v) is 8.26. The fourth-order valence-corrected chi connectivity index (χ4v) is 4.27. The van der Waals surface area contributed by atoms with E-state index >= 15 is 0 Å². The molecule has 33 heavy (non-hydrogen) atoms. The van der Waals surface area contributed by atoms with Gasteiger partial charge in [-0.25, -0.2) is 0 Å². The number of nitrogens with one attached hydrogen (secondary N) is 1. The minimum Gasteiger partial charge on any atom is -0.507 e. The molecule has 0 saturated carbocycles. The first kappa shape index (κ1) is 23.2. The molecule has 3 aromatic rings. The Hall–Kier alpha value is -3.00. The number of rotatable bonds is 7. The van der Waals surface area contributed by atoms with Gasteiger partial charge in [0.05, 0.1) is 31.0 Å². The molecule has 0 atom stereocenters. The van der Waals surface area contributed by atoms with Crippen LogP contribution in [-0.4, -0.2) is 60.4 Å². The summed E-state index contributed by atoms with van der Waals surface area (Å²) in [5, 5.41) is 13.9. The van der Waals surface area contributed by atoms with Gasteiger partial charge in [-0.05, 0) is 42.8 Å². The van der Waals surface area contributed by atoms with E-state index < -0.39 is 0 Å². The highest BCUT2D eigenvalue weighted by Crippen LogP contribution is 2.39. The molecule has 174 valence electrons. The van der Waals surface area contributed by atoms with Crippen molar-refractivity contribution in [3.63, 3.8) is 0 Å². The molecule has 4 rings (SSSR count). The molecule has 0 bridgehead atoms. The first-order valence-electron chi connectivity index (χ1n) is 11.0. The molecular formula is C25H28ClN3O4. The second-order valence-electron chi connectivity index (χ2n) is 7.86. The summed E-state index contributed by atoms with van der Waals surface area (Å²) in [6.45, 7) is 6.59. The van der Waals surface area contributed by atoms with Gasteiger partial charge in [-0.2, -0.15) is 0 Å². The van der Waals surface area contributed by atoms with E-state index in [0.29, 0.717) is 34.3 Å². The van der Waals surface area contributed by atoms with Crippen molar-refractivity contribution >= 4 is 17.5 Å². The lowest BCUT2D eigenvalue weighted by Gasteiger charge is -2.26. The largest absolute Gasteiger partial charge is 0.507 e. The highest BCUT2D eigenvalue weighted by molar-refractivity contribution is 6.32. The minimum atomic E-state index is -0.194. The zero-order chi connectivity index (χ0) is 23.4. The van der Waals surface area contributed by atoms with E-state index in [0.717, 1.165) is 38.5 Å². The molecule has 0 aliphatic carbocycles. The Balaban J connectivity index is 1.74. The lowest BCUT2D eigenvalue weighted by Crippen LogP contribution is -2.35. The van der Waals surface area contributed by atoms with Crippen LogP contribution in [0.25, 0.3) is 16.9 Å². The summed E-state index contributed by atoms with van der Waals surface area (Å²) in [7, 11) is 1.49. The van der Waals surface area contributed by atoms with Crippen molar-refractivity contribution in [2.45, 2.75) is 13.5 Å². The number of hydrogen-bond donors (Lipinski definition) is 2. The Morgan fingerprint density at radius 2 is 1.88 bits per heavy atom. The number of benzene rings is 2. The molecule has 0 radical (unpaired) electrons. The fourth-order valence-electron chi connectivity index (χ4n) is 4.03. The van der Waals surface area contributed by atoms with E-state index in [1.165, 1.54) is 18.7 Å². The number of amides is 1. The molecule has 1 aliphatic rings. The van der Waals surface area contributed by atoms with Gasteiger partial charge in [0.15, 0.2) is 0 Å². The molecule has 2 aromatic carbocycles. The molecule has 1 aliphatic heterocycles. The summed E-state index contributed by atoms with van der Waals surface area (Å²) < 4.78 is 12.5. The Labute approximate surface area is 198 Å². The maximum Gasteiger partial charge on any atom is 0.268 e. The maximum atomic E-state index is 12.8. The molecule has 1 fully saturated rings. The number of hydrogen-bond acceptors (Lipinski definition) is 5. The number of phenols is 1. The van der Waals surface area contributed by atoms with Crippen molar-refractivity contribution in [1.82, 2.24) is 14.8 Å². The summed E-state index contributed by atoms with van der Waals surface area (Å²) in [6, 6.07) is 14.8. The fraction of sp³-hybridized carbons (Fsp3) is 0.320. The quantitative estimate of drug-likeness (QED) is 0.545. The van der Waals surface area contributed by atoms with Crippen molar-refractivity contribution in [1.29, 1.82) is 0 Å². The van der Waals surface area contributed by atoms with Crippen LogP contribution in [0, 0.1) is 0 Å². The smallest absolute Gasteiger partial charge is 0.268 e. The summed E-state index contributed by atoms with van der Waals surface area (Å²) in [4.78, 5) is 15.2. The monoisotopic (exact) mass is 469 g/mol. The zero-order valence-corrected chi connectivity index (χ0v) is 19.6. The van der Waals surface area contributed by atoms with Crippen LogP contribution in [0.1, 0.15) is 23.0 Å². The van der Waals surface area contributed by atoms with Crippen LogP contribution >= 0.6 is 11.6 Å². The van der Waals surface area contributed by atoms with Gasteiger partial charge in [0.2, 0.25) is 0 Å². The molecule has 2 N–H and O–H groups in total. The molecule has 1 aromatic heterocycles. The summed E-state index contributed by atoms with van der Waals surface area (Å²) in [5.74, 6) is 0.203. The van der Waals surface area contributed by atoms with Crippen molar-refractivity contribution in [3.8, 4) is 28.4 Å². The number of aromatic hydroxyl groups is 1. The van der Waals surface area contributed by atoms with Crippen LogP contribution in [-0.2, 0) is 11.3 Å². The van der Waals surface area contributed by atoms with Crippen LogP contribution in [0.15, 0.2) is 48.5 Å². The molecule has 8 heteroatoms. The summed E-state index contributed by atoms with van der Waals surface area (Å²) in [6.07, 6.45) is 0. The van der Waals surface area contributed by atoms with Gasteiger partial charge in [0.25, 0.3) is 5.91 Å². The lowest BCUT2D eigenvalue weighted by atomic mass is 10.1. The van der Waals surface area contributed by atoms with Gasteiger partial charge in [0, 0.05) is 43.5 Å². The molecule has 0 unspecified atom stereocenters. The lowest BCUT2D eigenvalue weighted by molar-refractivity contribution is 0.0342. The van der Waals surface area contributed by atoms with Crippen molar-refractivity contribution in [2.24, 2.45) is 0 Å². The van der Waals surface area contributed by atoms with E-state index in [9.17, 15) is 9.90 Å². The average Bonchev–Trinajstić information content (AvgIpc) is 3.26. The Bertz CT molecular complexity index is 1120. The number of aromatic nitrogens is 1. The third-order valence-corrected chi connectivity index (χ3v) is 6.00. The molecule has 1 amide bonds. The predicted molar refractivity (Wildman–Crippen MR) is 129 cm³/mol. The van der Waals surface area contributed by atoms with Crippen molar-refractivity contribution in [3.05, 3.63) is 64.8 Å². The highest BCUT2D eigenvalue weighted by Gasteiger charge is 2.21. The highest BCUT2D eigenvalue weighted by atomic mass is 35.5. The number of carbonyl (C=O) groups is 1. The second kappa shape index (κ2) is 10.3. The number of phenolic OH excluding ortho intramolecular Hbond substituents is 1. The van der Waals surface area contributed by atoms with Crippen LogP contribution in [0.3, 0.4) is 0 Å². The third-order valence-electron chi connectivity index (χ3n) is 5.70. The molecular weight excluding hydrogens is 442 g/mol. The van der Waals surface area contributed by atoms with Gasteiger partial charge in [0.1, 0.15) is 17.2 Å². The van der Waals surface area contributed by atoms with Gasteiger partial charge >= 0.3 is 0 Å². The number of methoxy groups -OCH3 is 1. The summed E-state index contributed by atoms with van der Waals surface area (Å²) >= 11 is 6.34. The predicted octanol–water partition coefficient (Wildman–Crippen LogP) is 4.09.